The van der Waals surface area contributed by atoms with Crippen LogP contribution in [-0.4, -0.2) is 30.6 Å². The maximum absolute atomic E-state index is 13.8. The lowest BCUT2D eigenvalue weighted by molar-refractivity contribution is 0.161. The standard InChI is InChI=1S/C16H23FN2.ClH/c1-16(8-9-18-11-16)12-19(14-6-7-14)10-13-4-2-3-5-15(13)17;/h2-5,14,18H,6-12H2,1H3;1H. The molecule has 1 aliphatic carbocycles. The second-order valence-electron chi connectivity index (χ2n) is 6.47. The van der Waals surface area contributed by atoms with E-state index in [-0.39, 0.29) is 18.2 Å². The average Bonchev–Trinajstić information content (AvgIpc) is 3.15. The van der Waals surface area contributed by atoms with Crippen LogP contribution in [0.5, 0.6) is 0 Å². The molecule has 1 saturated heterocycles. The second kappa shape index (κ2) is 6.42. The quantitative estimate of drug-likeness (QED) is 0.898. The molecule has 1 N–H and O–H groups in total. The van der Waals surface area contributed by atoms with Crippen molar-refractivity contribution in [3.63, 3.8) is 0 Å². The summed E-state index contributed by atoms with van der Waals surface area (Å²) in [5.74, 6) is -0.0668. The molecule has 1 aromatic carbocycles. The van der Waals surface area contributed by atoms with E-state index in [0.717, 1.165) is 31.7 Å². The van der Waals surface area contributed by atoms with Crippen molar-refractivity contribution >= 4 is 12.4 Å². The SMILES string of the molecule is CC1(CN(Cc2ccccc2F)C2CC2)CCNC1.Cl. The first-order valence-corrected chi connectivity index (χ1v) is 7.34. The summed E-state index contributed by atoms with van der Waals surface area (Å²) in [7, 11) is 0. The maximum Gasteiger partial charge on any atom is 0.127 e. The third-order valence-electron chi connectivity index (χ3n) is 4.44. The van der Waals surface area contributed by atoms with E-state index >= 15 is 0 Å². The highest BCUT2D eigenvalue weighted by atomic mass is 35.5. The van der Waals surface area contributed by atoms with E-state index in [1.165, 1.54) is 19.3 Å². The number of benzene rings is 1. The molecule has 1 saturated carbocycles. The molecule has 1 aromatic rings. The number of rotatable bonds is 5. The van der Waals surface area contributed by atoms with Gasteiger partial charge < -0.3 is 5.32 Å². The Morgan fingerprint density at radius 3 is 2.70 bits per heavy atom. The predicted octanol–water partition coefficient (Wildman–Crippen LogP) is 3.21. The van der Waals surface area contributed by atoms with Gasteiger partial charge in [-0.1, -0.05) is 25.1 Å². The molecule has 1 atom stereocenters. The molecular weight excluding hydrogens is 275 g/mol. The summed E-state index contributed by atoms with van der Waals surface area (Å²) in [4.78, 5) is 2.49. The summed E-state index contributed by atoms with van der Waals surface area (Å²) in [5, 5.41) is 3.45. The normalized spacial score (nSPS) is 25.8. The Kier molecular flexibility index (Phi) is 5.05. The van der Waals surface area contributed by atoms with Gasteiger partial charge >= 0.3 is 0 Å². The summed E-state index contributed by atoms with van der Waals surface area (Å²) in [5.41, 5.74) is 1.19. The lowest BCUT2D eigenvalue weighted by atomic mass is 9.89. The van der Waals surface area contributed by atoms with Crippen LogP contribution in [0, 0.1) is 11.2 Å². The third-order valence-corrected chi connectivity index (χ3v) is 4.44. The van der Waals surface area contributed by atoms with Crippen LogP contribution in [0.3, 0.4) is 0 Å². The Morgan fingerprint density at radius 1 is 1.35 bits per heavy atom. The second-order valence-corrected chi connectivity index (χ2v) is 6.47. The summed E-state index contributed by atoms with van der Waals surface area (Å²) < 4.78 is 13.8. The van der Waals surface area contributed by atoms with Crippen LogP contribution in [-0.2, 0) is 6.54 Å². The molecule has 0 amide bonds. The molecule has 2 aliphatic rings. The zero-order valence-electron chi connectivity index (χ0n) is 12.1. The molecule has 3 rings (SSSR count). The van der Waals surface area contributed by atoms with E-state index in [0.29, 0.717) is 11.5 Å². The molecule has 0 aromatic heterocycles. The Balaban J connectivity index is 0.00000147. The minimum absolute atomic E-state index is 0. The molecule has 0 radical (unpaired) electrons. The Morgan fingerprint density at radius 2 is 2.10 bits per heavy atom. The maximum atomic E-state index is 13.8. The number of hydrogen-bond donors (Lipinski definition) is 1. The molecule has 0 bridgehead atoms. The Labute approximate surface area is 127 Å². The number of halogens is 2. The molecule has 1 heterocycles. The van der Waals surface area contributed by atoms with Crippen molar-refractivity contribution in [2.24, 2.45) is 5.41 Å². The predicted molar refractivity (Wildman–Crippen MR) is 82.7 cm³/mol. The van der Waals surface area contributed by atoms with Crippen molar-refractivity contribution in [3.8, 4) is 0 Å². The van der Waals surface area contributed by atoms with Crippen LogP contribution in [0.4, 0.5) is 4.39 Å². The highest BCUT2D eigenvalue weighted by molar-refractivity contribution is 5.85. The minimum Gasteiger partial charge on any atom is -0.316 e. The van der Waals surface area contributed by atoms with Gasteiger partial charge in [-0.05, 0) is 37.3 Å². The van der Waals surface area contributed by atoms with Crippen LogP contribution in [0.25, 0.3) is 0 Å². The van der Waals surface area contributed by atoms with Gasteiger partial charge in [-0.2, -0.15) is 0 Å². The summed E-state index contributed by atoms with van der Waals surface area (Å²) in [6.45, 7) is 6.40. The summed E-state index contributed by atoms with van der Waals surface area (Å²) in [6, 6.07) is 7.86. The number of nitrogens with zero attached hydrogens (tertiary/aromatic N) is 1. The monoisotopic (exact) mass is 298 g/mol. The number of hydrogen-bond acceptors (Lipinski definition) is 2. The lowest BCUT2D eigenvalue weighted by Crippen LogP contribution is -2.38. The van der Waals surface area contributed by atoms with E-state index in [2.05, 4.69) is 17.1 Å². The van der Waals surface area contributed by atoms with Gasteiger partial charge in [-0.15, -0.1) is 12.4 Å². The van der Waals surface area contributed by atoms with Crippen molar-refractivity contribution in [1.82, 2.24) is 10.2 Å². The first-order chi connectivity index (χ1) is 9.16. The molecule has 20 heavy (non-hydrogen) atoms. The largest absolute Gasteiger partial charge is 0.316 e. The van der Waals surface area contributed by atoms with E-state index in [1.807, 2.05) is 12.1 Å². The fraction of sp³-hybridized carbons (Fsp3) is 0.625. The van der Waals surface area contributed by atoms with Gasteiger partial charge in [-0.25, -0.2) is 4.39 Å². The van der Waals surface area contributed by atoms with Gasteiger partial charge in [0.05, 0.1) is 0 Å². The van der Waals surface area contributed by atoms with Gasteiger partial charge in [0.1, 0.15) is 5.82 Å². The third kappa shape index (κ3) is 3.72. The Hall–Kier alpha value is -0.640. The van der Waals surface area contributed by atoms with Crippen molar-refractivity contribution in [1.29, 1.82) is 0 Å². The van der Waals surface area contributed by atoms with Crippen LogP contribution >= 0.6 is 12.4 Å². The van der Waals surface area contributed by atoms with Crippen molar-refractivity contribution in [2.75, 3.05) is 19.6 Å². The van der Waals surface area contributed by atoms with Gasteiger partial charge in [0.25, 0.3) is 0 Å². The first-order valence-electron chi connectivity index (χ1n) is 7.34. The summed E-state index contributed by atoms with van der Waals surface area (Å²) in [6.07, 6.45) is 3.78. The molecule has 2 nitrogen and oxygen atoms in total. The highest BCUT2D eigenvalue weighted by Crippen LogP contribution is 2.34. The molecule has 1 unspecified atom stereocenters. The van der Waals surface area contributed by atoms with Gasteiger partial charge in [0.15, 0.2) is 0 Å². The highest BCUT2D eigenvalue weighted by Gasteiger charge is 2.36. The van der Waals surface area contributed by atoms with Gasteiger partial charge in [0.2, 0.25) is 0 Å². The van der Waals surface area contributed by atoms with Crippen LogP contribution in [0.1, 0.15) is 31.7 Å². The van der Waals surface area contributed by atoms with Crippen molar-refractivity contribution < 1.29 is 4.39 Å². The van der Waals surface area contributed by atoms with Gasteiger partial charge in [0, 0.05) is 31.2 Å². The van der Waals surface area contributed by atoms with E-state index in [9.17, 15) is 4.39 Å². The first kappa shape index (κ1) is 15.7. The smallest absolute Gasteiger partial charge is 0.127 e. The zero-order valence-corrected chi connectivity index (χ0v) is 12.9. The molecule has 2 fully saturated rings. The molecule has 4 heteroatoms. The van der Waals surface area contributed by atoms with E-state index in [1.54, 1.807) is 12.1 Å². The fourth-order valence-corrected chi connectivity index (χ4v) is 3.09. The summed E-state index contributed by atoms with van der Waals surface area (Å²) >= 11 is 0. The zero-order chi connectivity index (χ0) is 13.3. The topological polar surface area (TPSA) is 15.3 Å². The average molecular weight is 299 g/mol. The van der Waals surface area contributed by atoms with Gasteiger partial charge in [-0.3, -0.25) is 4.90 Å². The molecule has 112 valence electrons. The van der Waals surface area contributed by atoms with Crippen LogP contribution in [0.2, 0.25) is 0 Å². The van der Waals surface area contributed by atoms with Crippen LogP contribution in [0.15, 0.2) is 24.3 Å². The molecular formula is C16H24ClFN2. The lowest BCUT2D eigenvalue weighted by Gasteiger charge is -2.32. The fourth-order valence-electron chi connectivity index (χ4n) is 3.09. The van der Waals surface area contributed by atoms with E-state index in [4.69, 9.17) is 0 Å². The number of nitrogens with one attached hydrogen (secondary N) is 1. The molecule has 0 spiro atoms. The molecule has 1 aliphatic heterocycles. The van der Waals surface area contributed by atoms with Crippen molar-refractivity contribution in [3.05, 3.63) is 35.6 Å². The Bertz CT molecular complexity index is 442. The van der Waals surface area contributed by atoms with Crippen molar-refractivity contribution in [2.45, 2.75) is 38.8 Å². The van der Waals surface area contributed by atoms with Crippen LogP contribution < -0.4 is 5.32 Å². The minimum atomic E-state index is -0.0668. The van der Waals surface area contributed by atoms with E-state index < -0.39 is 0 Å².